The van der Waals surface area contributed by atoms with Gasteiger partial charge in [-0.2, -0.15) is 0 Å². The average Bonchev–Trinajstić information content (AvgIpc) is 2.86. The molecule has 0 aromatic heterocycles. The second-order valence-electron chi connectivity index (χ2n) is 6.30. The second kappa shape index (κ2) is 7.74. The molecule has 5 nitrogen and oxygen atoms in total. The van der Waals surface area contributed by atoms with Crippen LogP contribution in [0.3, 0.4) is 0 Å². The van der Waals surface area contributed by atoms with E-state index in [4.69, 9.17) is 21.3 Å². The van der Waals surface area contributed by atoms with Gasteiger partial charge in [-0.25, -0.2) is 4.99 Å². The first kappa shape index (κ1) is 18.1. The molecule has 1 aliphatic rings. The highest BCUT2D eigenvalue weighted by Crippen LogP contribution is 2.28. The van der Waals surface area contributed by atoms with Gasteiger partial charge in [0.25, 0.3) is 5.91 Å². The lowest BCUT2D eigenvalue weighted by Gasteiger charge is -2.15. The summed E-state index contributed by atoms with van der Waals surface area (Å²) in [6.45, 7) is 0. The van der Waals surface area contributed by atoms with Crippen LogP contribution in [0.2, 0.25) is 5.02 Å². The number of rotatable bonds is 4. The van der Waals surface area contributed by atoms with Crippen molar-refractivity contribution in [2.45, 2.75) is 6.17 Å². The van der Waals surface area contributed by atoms with E-state index in [0.717, 1.165) is 22.6 Å². The average molecular weight is 392 g/mol. The lowest BCUT2D eigenvalue weighted by molar-refractivity contribution is -0.116. The van der Waals surface area contributed by atoms with Gasteiger partial charge in [-0.1, -0.05) is 41.9 Å². The molecule has 0 saturated heterocycles. The van der Waals surface area contributed by atoms with Crippen LogP contribution in [0, 0.1) is 0 Å². The normalized spacial score (nSPS) is 15.7. The minimum Gasteiger partial charge on any atom is -0.497 e. The van der Waals surface area contributed by atoms with Gasteiger partial charge in [0.1, 0.15) is 5.75 Å². The molecule has 2 N–H and O–H groups in total. The van der Waals surface area contributed by atoms with E-state index >= 15 is 0 Å². The molecule has 0 fully saturated rings. The summed E-state index contributed by atoms with van der Waals surface area (Å²) >= 11 is 6.22. The van der Waals surface area contributed by atoms with Crippen LogP contribution < -0.4 is 15.4 Å². The van der Waals surface area contributed by atoms with E-state index in [1.54, 1.807) is 19.2 Å². The first-order valence-corrected chi connectivity index (χ1v) is 9.16. The highest BCUT2D eigenvalue weighted by Gasteiger charge is 2.26. The molecule has 1 unspecified atom stereocenters. The first-order valence-electron chi connectivity index (χ1n) is 8.78. The van der Waals surface area contributed by atoms with Gasteiger partial charge in [-0.05, 0) is 42.5 Å². The number of benzodiazepines with no additional fused rings is 1. The molecule has 6 heteroatoms. The molecule has 1 aliphatic heterocycles. The molecule has 0 aliphatic carbocycles. The number of anilines is 2. The van der Waals surface area contributed by atoms with Gasteiger partial charge in [-0.15, -0.1) is 0 Å². The number of fused-ring (bicyclic) bond motifs is 1. The second-order valence-corrected chi connectivity index (χ2v) is 6.73. The first-order chi connectivity index (χ1) is 13.6. The predicted octanol–water partition coefficient (Wildman–Crippen LogP) is 4.58. The molecule has 3 aromatic rings. The van der Waals surface area contributed by atoms with E-state index in [0.29, 0.717) is 16.4 Å². The number of methoxy groups -OCH3 is 1. The topological polar surface area (TPSA) is 62.7 Å². The monoisotopic (exact) mass is 391 g/mol. The summed E-state index contributed by atoms with van der Waals surface area (Å²) in [5, 5.41) is 6.71. The molecule has 0 saturated carbocycles. The van der Waals surface area contributed by atoms with Gasteiger partial charge in [0.15, 0.2) is 6.17 Å². The minimum absolute atomic E-state index is 0.245. The number of nitrogens with zero attached hydrogens (tertiary/aromatic N) is 1. The SMILES string of the molecule is COc1ccc(NC2N=C(c3ccccc3)c3cc(Cl)ccc3NC2=O)cc1. The number of nitrogens with one attached hydrogen (secondary N) is 2. The standard InChI is InChI=1S/C22H18ClN3O2/c1-28-17-10-8-16(9-11-17)24-21-22(27)25-19-12-7-15(23)13-18(19)20(26-21)14-5-3-2-4-6-14/h2-13,21,24H,1H3,(H,25,27). The van der Waals surface area contributed by atoms with Gasteiger partial charge >= 0.3 is 0 Å². The van der Waals surface area contributed by atoms with Crippen molar-refractivity contribution in [3.05, 3.63) is 88.9 Å². The van der Waals surface area contributed by atoms with Gasteiger partial charge in [0.2, 0.25) is 0 Å². The van der Waals surface area contributed by atoms with Gasteiger partial charge in [-0.3, -0.25) is 4.79 Å². The Bertz CT molecular complexity index is 1030. The zero-order valence-corrected chi connectivity index (χ0v) is 15.9. The van der Waals surface area contributed by atoms with Crippen molar-refractivity contribution in [2.24, 2.45) is 4.99 Å². The van der Waals surface area contributed by atoms with Crippen LogP contribution in [-0.4, -0.2) is 24.9 Å². The summed E-state index contributed by atoms with van der Waals surface area (Å²) in [4.78, 5) is 17.6. The molecular formula is C22H18ClN3O2. The number of benzene rings is 3. The van der Waals surface area contributed by atoms with Crippen LogP contribution in [0.4, 0.5) is 11.4 Å². The van der Waals surface area contributed by atoms with Gasteiger partial charge in [0, 0.05) is 21.8 Å². The van der Waals surface area contributed by atoms with Crippen LogP contribution in [0.25, 0.3) is 0 Å². The molecule has 140 valence electrons. The van der Waals surface area contributed by atoms with Crippen molar-refractivity contribution in [1.82, 2.24) is 0 Å². The number of amides is 1. The maximum Gasteiger partial charge on any atom is 0.269 e. The molecule has 28 heavy (non-hydrogen) atoms. The zero-order valence-electron chi connectivity index (χ0n) is 15.1. The van der Waals surface area contributed by atoms with E-state index in [-0.39, 0.29) is 5.91 Å². The number of carbonyl (C=O) groups is 1. The van der Waals surface area contributed by atoms with Crippen LogP contribution >= 0.6 is 11.6 Å². The number of hydrogen-bond donors (Lipinski definition) is 2. The van der Waals surface area contributed by atoms with Crippen LogP contribution in [-0.2, 0) is 4.79 Å². The number of aliphatic imine (C=N–C) groups is 1. The minimum atomic E-state index is -0.797. The van der Waals surface area contributed by atoms with E-state index in [1.165, 1.54) is 0 Å². The molecule has 1 amide bonds. The van der Waals surface area contributed by atoms with E-state index in [1.807, 2.05) is 60.7 Å². The molecule has 1 heterocycles. The molecule has 0 radical (unpaired) electrons. The van der Waals surface area contributed by atoms with Crippen LogP contribution in [0.15, 0.2) is 77.8 Å². The summed E-state index contributed by atoms with van der Waals surface area (Å²) in [7, 11) is 1.61. The van der Waals surface area contributed by atoms with Crippen molar-refractivity contribution in [1.29, 1.82) is 0 Å². The molecule has 3 aromatic carbocycles. The third kappa shape index (κ3) is 3.70. The fraction of sp³-hybridized carbons (Fsp3) is 0.0909. The number of hydrogen-bond acceptors (Lipinski definition) is 4. The Labute approximate surface area is 168 Å². The van der Waals surface area contributed by atoms with Crippen LogP contribution in [0.1, 0.15) is 11.1 Å². The predicted molar refractivity (Wildman–Crippen MR) is 113 cm³/mol. The van der Waals surface area contributed by atoms with Crippen molar-refractivity contribution in [2.75, 3.05) is 17.7 Å². The number of halogens is 1. The molecule has 4 rings (SSSR count). The highest BCUT2D eigenvalue weighted by atomic mass is 35.5. The van der Waals surface area contributed by atoms with Gasteiger partial charge in [0.05, 0.1) is 18.5 Å². The quantitative estimate of drug-likeness (QED) is 0.684. The summed E-state index contributed by atoms with van der Waals surface area (Å²) in [5.74, 6) is 0.497. The zero-order chi connectivity index (χ0) is 19.5. The smallest absolute Gasteiger partial charge is 0.269 e. The maximum absolute atomic E-state index is 12.8. The summed E-state index contributed by atoms with van der Waals surface area (Å²) in [6, 6.07) is 22.5. The fourth-order valence-corrected chi connectivity index (χ4v) is 3.22. The van der Waals surface area contributed by atoms with E-state index in [2.05, 4.69) is 10.6 Å². The lowest BCUT2D eigenvalue weighted by atomic mass is 10.0. The summed E-state index contributed by atoms with van der Waals surface area (Å²) < 4.78 is 5.18. The summed E-state index contributed by atoms with van der Waals surface area (Å²) in [6.07, 6.45) is -0.797. The number of carbonyl (C=O) groups excluding carboxylic acids is 1. The van der Waals surface area contributed by atoms with Crippen molar-refractivity contribution < 1.29 is 9.53 Å². The molecule has 0 spiro atoms. The lowest BCUT2D eigenvalue weighted by Crippen LogP contribution is -2.32. The largest absolute Gasteiger partial charge is 0.497 e. The van der Waals surface area contributed by atoms with Crippen molar-refractivity contribution in [3.63, 3.8) is 0 Å². The Kier molecular flexibility index (Phi) is 5.00. The Morgan fingerprint density at radius 1 is 1.04 bits per heavy atom. The van der Waals surface area contributed by atoms with E-state index in [9.17, 15) is 4.79 Å². The highest BCUT2D eigenvalue weighted by molar-refractivity contribution is 6.32. The van der Waals surface area contributed by atoms with Crippen LogP contribution in [0.5, 0.6) is 5.75 Å². The fourth-order valence-electron chi connectivity index (χ4n) is 3.05. The molecular weight excluding hydrogens is 374 g/mol. The van der Waals surface area contributed by atoms with Crippen molar-refractivity contribution >= 4 is 34.6 Å². The maximum atomic E-state index is 12.8. The van der Waals surface area contributed by atoms with Crippen molar-refractivity contribution in [3.8, 4) is 5.75 Å². The Morgan fingerprint density at radius 2 is 1.79 bits per heavy atom. The summed E-state index contributed by atoms with van der Waals surface area (Å²) in [5.41, 5.74) is 3.83. The third-order valence-corrected chi connectivity index (χ3v) is 4.68. The number of ether oxygens (including phenoxy) is 1. The Morgan fingerprint density at radius 3 is 2.50 bits per heavy atom. The molecule has 0 bridgehead atoms. The molecule has 1 atom stereocenters. The third-order valence-electron chi connectivity index (χ3n) is 4.44. The van der Waals surface area contributed by atoms with E-state index < -0.39 is 6.17 Å². The van der Waals surface area contributed by atoms with Gasteiger partial charge < -0.3 is 15.4 Å². The Hall–Kier alpha value is -3.31. The Balaban J connectivity index is 1.77.